The molecule has 0 atom stereocenters. The van der Waals surface area contributed by atoms with Crippen molar-refractivity contribution in [1.82, 2.24) is 10.7 Å². The Morgan fingerprint density at radius 2 is 1.87 bits per heavy atom. The van der Waals surface area contributed by atoms with Crippen LogP contribution in [-0.4, -0.2) is 37.1 Å². The number of hydrogen-bond acceptors (Lipinski definition) is 5. The van der Waals surface area contributed by atoms with Crippen molar-refractivity contribution in [2.45, 2.75) is 13.3 Å². The van der Waals surface area contributed by atoms with Crippen LogP contribution in [0, 0.1) is 5.82 Å². The monoisotopic (exact) mass is 478 g/mol. The number of carbonyl (C=O) groups is 3. The summed E-state index contributed by atoms with van der Waals surface area (Å²) in [5, 5.41) is 8.57. The van der Waals surface area contributed by atoms with Gasteiger partial charge in [-0.2, -0.15) is 5.10 Å². The van der Waals surface area contributed by atoms with Crippen molar-refractivity contribution < 1.29 is 23.5 Å². The van der Waals surface area contributed by atoms with Crippen LogP contribution in [0.25, 0.3) is 0 Å². The van der Waals surface area contributed by atoms with E-state index in [9.17, 15) is 18.8 Å². The van der Waals surface area contributed by atoms with Gasteiger partial charge in [-0.1, -0.05) is 22.9 Å². The normalized spacial score (nSPS) is 10.5. The molecule has 0 bridgehead atoms. The molecule has 3 amide bonds. The molecule has 0 aliphatic rings. The fourth-order valence-corrected chi connectivity index (χ4v) is 2.44. The minimum absolute atomic E-state index is 0.0591. The molecule has 0 saturated heterocycles. The minimum Gasteiger partial charge on any atom is -0.484 e. The van der Waals surface area contributed by atoms with Gasteiger partial charge in [0.1, 0.15) is 11.6 Å². The third kappa shape index (κ3) is 7.63. The number of hydrogen-bond donors (Lipinski definition) is 3. The molecule has 8 nitrogen and oxygen atoms in total. The van der Waals surface area contributed by atoms with Crippen molar-refractivity contribution in [3.63, 3.8) is 0 Å². The molecule has 0 radical (unpaired) electrons. The average molecular weight is 479 g/mol. The van der Waals surface area contributed by atoms with E-state index in [2.05, 4.69) is 37.1 Å². The molecule has 0 aliphatic heterocycles. The zero-order valence-corrected chi connectivity index (χ0v) is 17.7. The number of hydrazone groups is 1. The van der Waals surface area contributed by atoms with Crippen molar-refractivity contribution in [1.29, 1.82) is 0 Å². The number of ether oxygens (including phenoxy) is 1. The van der Waals surface area contributed by atoms with E-state index in [0.717, 1.165) is 6.42 Å². The summed E-state index contributed by atoms with van der Waals surface area (Å²) in [5.74, 6) is -2.25. The lowest BCUT2D eigenvalue weighted by Crippen LogP contribution is -2.38. The van der Waals surface area contributed by atoms with Gasteiger partial charge in [-0.25, -0.2) is 9.82 Å². The lowest BCUT2D eigenvalue weighted by Gasteiger charge is -2.08. The fraction of sp³-hybridized carbons (Fsp3) is 0.200. The van der Waals surface area contributed by atoms with E-state index in [1.165, 1.54) is 18.3 Å². The van der Waals surface area contributed by atoms with Crippen LogP contribution in [-0.2, 0) is 14.4 Å². The van der Waals surface area contributed by atoms with Gasteiger partial charge in [-0.15, -0.1) is 0 Å². The van der Waals surface area contributed by atoms with E-state index in [0.29, 0.717) is 22.3 Å². The molecule has 0 spiro atoms. The van der Waals surface area contributed by atoms with E-state index >= 15 is 0 Å². The number of benzene rings is 2. The molecule has 0 aromatic heterocycles. The van der Waals surface area contributed by atoms with Crippen molar-refractivity contribution in [2.75, 3.05) is 18.5 Å². The second-order valence-electron chi connectivity index (χ2n) is 5.99. The van der Waals surface area contributed by atoms with Crippen LogP contribution < -0.4 is 20.8 Å². The number of halogens is 2. The number of amides is 3. The molecule has 10 heteroatoms. The summed E-state index contributed by atoms with van der Waals surface area (Å²) in [6.07, 6.45) is 2.08. The van der Waals surface area contributed by atoms with Gasteiger partial charge in [0.15, 0.2) is 6.61 Å². The number of carbonyl (C=O) groups excluding carboxylic acids is 3. The Bertz CT molecular complexity index is 935. The van der Waals surface area contributed by atoms with Crippen molar-refractivity contribution in [3.8, 4) is 5.75 Å². The molecule has 30 heavy (non-hydrogen) atoms. The largest absolute Gasteiger partial charge is 0.484 e. The molecule has 2 aromatic carbocycles. The van der Waals surface area contributed by atoms with Crippen molar-refractivity contribution >= 4 is 45.6 Å². The number of anilines is 1. The lowest BCUT2D eigenvalue weighted by atomic mass is 10.2. The third-order valence-corrected chi connectivity index (χ3v) is 4.07. The zero-order chi connectivity index (χ0) is 21.9. The predicted octanol–water partition coefficient (Wildman–Crippen LogP) is 2.58. The highest BCUT2D eigenvalue weighted by Crippen LogP contribution is 2.19. The van der Waals surface area contributed by atoms with Gasteiger partial charge >= 0.3 is 11.8 Å². The lowest BCUT2D eigenvalue weighted by molar-refractivity contribution is -0.139. The molecule has 158 valence electrons. The van der Waals surface area contributed by atoms with Crippen LogP contribution in [0.4, 0.5) is 10.1 Å². The maximum atomic E-state index is 13.7. The molecule has 0 aliphatic carbocycles. The van der Waals surface area contributed by atoms with Crippen LogP contribution in [0.3, 0.4) is 0 Å². The molecular weight excluding hydrogens is 459 g/mol. The Balaban J connectivity index is 1.79. The molecule has 0 saturated carbocycles. The molecule has 3 N–H and O–H groups in total. The van der Waals surface area contributed by atoms with Crippen LogP contribution >= 0.6 is 15.9 Å². The van der Waals surface area contributed by atoms with E-state index in [-0.39, 0.29) is 12.3 Å². The Kier molecular flexibility index (Phi) is 8.95. The standard InChI is InChI=1S/C20H20BrFN4O4/c1-2-9-23-19(28)20(29)26-24-11-13-3-6-15(7-4-13)30-12-18(27)25-17-8-5-14(21)10-16(17)22/h3-8,10-11H,2,9,12H2,1H3,(H,23,28)(H,25,27)(H,26,29)/b24-11-. The smallest absolute Gasteiger partial charge is 0.329 e. The van der Waals surface area contributed by atoms with E-state index in [4.69, 9.17) is 4.74 Å². The highest BCUT2D eigenvalue weighted by molar-refractivity contribution is 9.10. The Morgan fingerprint density at radius 1 is 1.13 bits per heavy atom. The van der Waals surface area contributed by atoms with Crippen LogP contribution in [0.15, 0.2) is 52.0 Å². The van der Waals surface area contributed by atoms with E-state index in [1.54, 1.807) is 30.3 Å². The first-order valence-corrected chi connectivity index (χ1v) is 9.77. The van der Waals surface area contributed by atoms with E-state index < -0.39 is 23.5 Å². The molecule has 0 unspecified atom stereocenters. The Hall–Kier alpha value is -3.27. The van der Waals surface area contributed by atoms with Gasteiger partial charge in [0, 0.05) is 11.0 Å². The van der Waals surface area contributed by atoms with Gasteiger partial charge in [0.2, 0.25) is 0 Å². The summed E-state index contributed by atoms with van der Waals surface area (Å²) in [6.45, 7) is 1.98. The maximum Gasteiger partial charge on any atom is 0.329 e. The van der Waals surface area contributed by atoms with E-state index in [1.807, 2.05) is 6.92 Å². The fourth-order valence-electron chi connectivity index (χ4n) is 2.11. The summed E-state index contributed by atoms with van der Waals surface area (Å²) in [7, 11) is 0. The summed E-state index contributed by atoms with van der Waals surface area (Å²) in [4.78, 5) is 34.8. The summed E-state index contributed by atoms with van der Waals surface area (Å²) >= 11 is 3.14. The molecule has 0 heterocycles. The van der Waals surface area contributed by atoms with Crippen LogP contribution in [0.5, 0.6) is 5.75 Å². The second-order valence-corrected chi connectivity index (χ2v) is 6.90. The molecule has 2 rings (SSSR count). The SMILES string of the molecule is CCCNC(=O)C(=O)N/N=C\c1ccc(OCC(=O)Nc2ccc(Br)cc2F)cc1. The first-order chi connectivity index (χ1) is 14.4. The van der Waals surface area contributed by atoms with Crippen molar-refractivity contribution in [3.05, 3.63) is 58.3 Å². The highest BCUT2D eigenvalue weighted by atomic mass is 79.9. The second kappa shape index (κ2) is 11.7. The Morgan fingerprint density at radius 3 is 2.53 bits per heavy atom. The minimum atomic E-state index is -0.854. The highest BCUT2D eigenvalue weighted by Gasteiger charge is 2.11. The topological polar surface area (TPSA) is 109 Å². The third-order valence-electron chi connectivity index (χ3n) is 3.58. The maximum absolute atomic E-state index is 13.7. The number of nitrogens with one attached hydrogen (secondary N) is 3. The number of rotatable bonds is 8. The van der Waals surface area contributed by atoms with Crippen molar-refractivity contribution in [2.24, 2.45) is 5.10 Å². The number of nitrogens with zero attached hydrogens (tertiary/aromatic N) is 1. The van der Waals surface area contributed by atoms with Gasteiger partial charge in [0.25, 0.3) is 5.91 Å². The first kappa shape index (κ1) is 23.0. The zero-order valence-electron chi connectivity index (χ0n) is 16.1. The van der Waals surface area contributed by atoms with Gasteiger partial charge in [0.05, 0.1) is 11.9 Å². The van der Waals surface area contributed by atoms with Gasteiger partial charge < -0.3 is 15.4 Å². The van der Waals surface area contributed by atoms with Crippen LogP contribution in [0.2, 0.25) is 0 Å². The average Bonchev–Trinajstić information content (AvgIpc) is 2.73. The van der Waals surface area contributed by atoms with Crippen LogP contribution in [0.1, 0.15) is 18.9 Å². The van der Waals surface area contributed by atoms with Gasteiger partial charge in [-0.3, -0.25) is 14.4 Å². The molecule has 0 fully saturated rings. The first-order valence-electron chi connectivity index (χ1n) is 8.98. The Labute approximate surface area is 181 Å². The summed E-state index contributed by atoms with van der Waals surface area (Å²) in [6, 6.07) is 10.8. The molecular formula is C20H20BrFN4O4. The van der Waals surface area contributed by atoms with Gasteiger partial charge in [-0.05, 0) is 54.4 Å². The summed E-state index contributed by atoms with van der Waals surface area (Å²) < 4.78 is 19.6. The predicted molar refractivity (Wildman–Crippen MR) is 114 cm³/mol. The summed E-state index contributed by atoms with van der Waals surface area (Å²) in [5.41, 5.74) is 2.82. The molecule has 2 aromatic rings. The quantitative estimate of drug-likeness (QED) is 0.307.